The topological polar surface area (TPSA) is 94.9 Å². The highest BCUT2D eigenvalue weighted by atomic mass is 32.2. The number of β-amino-alcohol motifs (C(OH)–C–C–N with tert-alkyl or cyclic N) is 1. The Morgan fingerprint density at radius 3 is 2.42 bits per heavy atom. The lowest BCUT2D eigenvalue weighted by Crippen LogP contribution is -2.43. The van der Waals surface area contributed by atoms with Crippen LogP contribution in [0.3, 0.4) is 0 Å². The molecule has 2 fully saturated rings. The van der Waals surface area contributed by atoms with Crippen LogP contribution in [-0.2, 0) is 14.8 Å². The Morgan fingerprint density at radius 1 is 1.21 bits per heavy atom. The second-order valence-electron chi connectivity index (χ2n) is 5.60. The fraction of sp³-hybridized carbons (Fsp3) is 0.917. The van der Waals surface area contributed by atoms with Crippen molar-refractivity contribution in [1.29, 1.82) is 0 Å². The maximum atomic E-state index is 12.3. The SMILES string of the molecule is O=C(O)[C@@H]1C[C@H](O)CN1S(=O)(=O)CC1CCCCC1. The minimum Gasteiger partial charge on any atom is -0.480 e. The molecule has 2 rings (SSSR count). The Kier molecular flexibility index (Phi) is 4.47. The number of aliphatic hydroxyl groups is 1. The van der Waals surface area contributed by atoms with Crippen molar-refractivity contribution in [2.45, 2.75) is 50.7 Å². The van der Waals surface area contributed by atoms with Crippen LogP contribution in [0, 0.1) is 5.92 Å². The van der Waals surface area contributed by atoms with Gasteiger partial charge in [0.15, 0.2) is 0 Å². The quantitative estimate of drug-likeness (QED) is 0.782. The number of carboxylic acid groups (broad SMARTS) is 1. The molecule has 2 atom stereocenters. The number of nitrogens with zero attached hydrogens (tertiary/aromatic N) is 1. The van der Waals surface area contributed by atoms with Gasteiger partial charge < -0.3 is 10.2 Å². The van der Waals surface area contributed by atoms with Gasteiger partial charge in [0, 0.05) is 13.0 Å². The second kappa shape index (κ2) is 5.76. The van der Waals surface area contributed by atoms with Gasteiger partial charge in [0.1, 0.15) is 6.04 Å². The van der Waals surface area contributed by atoms with Gasteiger partial charge in [0.2, 0.25) is 10.0 Å². The van der Waals surface area contributed by atoms with Gasteiger partial charge in [-0.1, -0.05) is 19.3 Å². The van der Waals surface area contributed by atoms with Crippen molar-refractivity contribution in [3.8, 4) is 0 Å². The van der Waals surface area contributed by atoms with Gasteiger partial charge in [-0.2, -0.15) is 4.31 Å². The summed E-state index contributed by atoms with van der Waals surface area (Å²) in [6.45, 7) is -0.0913. The Balaban J connectivity index is 2.07. The van der Waals surface area contributed by atoms with Crippen LogP contribution in [0.5, 0.6) is 0 Å². The van der Waals surface area contributed by atoms with Gasteiger partial charge in [-0.15, -0.1) is 0 Å². The van der Waals surface area contributed by atoms with Gasteiger partial charge in [0.25, 0.3) is 0 Å². The molecular formula is C12H21NO5S. The smallest absolute Gasteiger partial charge is 0.322 e. The largest absolute Gasteiger partial charge is 0.480 e. The van der Waals surface area contributed by atoms with Crippen molar-refractivity contribution in [2.75, 3.05) is 12.3 Å². The Labute approximate surface area is 113 Å². The minimum atomic E-state index is -3.59. The van der Waals surface area contributed by atoms with Crippen LogP contribution < -0.4 is 0 Å². The van der Waals surface area contributed by atoms with E-state index in [2.05, 4.69) is 0 Å². The third kappa shape index (κ3) is 3.46. The number of rotatable bonds is 4. The predicted octanol–water partition coefficient (Wildman–Crippen LogP) is 0.416. The number of sulfonamides is 1. The normalized spacial score (nSPS) is 30.6. The van der Waals surface area contributed by atoms with Gasteiger partial charge in [-0.25, -0.2) is 8.42 Å². The van der Waals surface area contributed by atoms with Crippen LogP contribution in [0.4, 0.5) is 0 Å². The number of aliphatic carboxylic acids is 1. The van der Waals surface area contributed by atoms with E-state index >= 15 is 0 Å². The third-order valence-corrected chi connectivity index (χ3v) is 6.06. The molecule has 0 aromatic carbocycles. The first-order valence-electron chi connectivity index (χ1n) is 6.80. The van der Waals surface area contributed by atoms with Crippen molar-refractivity contribution in [3.05, 3.63) is 0 Å². The number of carbonyl (C=O) groups is 1. The molecular weight excluding hydrogens is 270 g/mol. The second-order valence-corrected chi connectivity index (χ2v) is 7.56. The summed E-state index contributed by atoms with van der Waals surface area (Å²) in [7, 11) is -3.59. The molecule has 0 spiro atoms. The average Bonchev–Trinajstić information content (AvgIpc) is 2.73. The molecule has 1 saturated carbocycles. The maximum Gasteiger partial charge on any atom is 0.322 e. The van der Waals surface area contributed by atoms with E-state index in [1.54, 1.807) is 0 Å². The van der Waals surface area contributed by atoms with Crippen molar-refractivity contribution in [3.63, 3.8) is 0 Å². The molecule has 0 aromatic heterocycles. The molecule has 0 bridgehead atoms. The first-order valence-corrected chi connectivity index (χ1v) is 8.41. The zero-order valence-corrected chi connectivity index (χ0v) is 11.7. The summed E-state index contributed by atoms with van der Waals surface area (Å²) >= 11 is 0. The summed E-state index contributed by atoms with van der Waals surface area (Å²) < 4.78 is 25.6. The number of hydrogen-bond donors (Lipinski definition) is 2. The monoisotopic (exact) mass is 291 g/mol. The lowest BCUT2D eigenvalue weighted by atomic mass is 9.91. The molecule has 2 N–H and O–H groups in total. The van der Waals surface area contributed by atoms with E-state index < -0.39 is 28.1 Å². The van der Waals surface area contributed by atoms with Crippen LogP contribution in [0.2, 0.25) is 0 Å². The van der Waals surface area contributed by atoms with E-state index in [1.165, 1.54) is 0 Å². The van der Waals surface area contributed by atoms with Crippen molar-refractivity contribution >= 4 is 16.0 Å². The molecule has 1 aliphatic heterocycles. The van der Waals surface area contributed by atoms with Crippen molar-refractivity contribution in [1.82, 2.24) is 4.31 Å². The Bertz CT molecular complexity index is 429. The van der Waals surface area contributed by atoms with Crippen LogP contribution in [0.25, 0.3) is 0 Å². The van der Waals surface area contributed by atoms with E-state index in [-0.39, 0.29) is 24.6 Å². The molecule has 1 aliphatic carbocycles. The highest BCUT2D eigenvalue weighted by Crippen LogP contribution is 2.28. The van der Waals surface area contributed by atoms with E-state index in [0.29, 0.717) is 0 Å². The average molecular weight is 291 g/mol. The van der Waals surface area contributed by atoms with Crippen molar-refractivity contribution in [2.24, 2.45) is 5.92 Å². The minimum absolute atomic E-state index is 0.0147. The van der Waals surface area contributed by atoms with Crippen LogP contribution in [-0.4, -0.2) is 53.3 Å². The molecule has 19 heavy (non-hydrogen) atoms. The molecule has 7 heteroatoms. The summed E-state index contributed by atoms with van der Waals surface area (Å²) in [5.74, 6) is -1.03. The van der Waals surface area contributed by atoms with E-state index in [1.807, 2.05) is 0 Å². The summed E-state index contributed by atoms with van der Waals surface area (Å²) in [4.78, 5) is 11.1. The van der Waals surface area contributed by atoms with E-state index in [4.69, 9.17) is 5.11 Å². The fourth-order valence-corrected chi connectivity index (χ4v) is 5.15. The number of hydrogen-bond acceptors (Lipinski definition) is 4. The molecule has 6 nitrogen and oxygen atoms in total. The lowest BCUT2D eigenvalue weighted by molar-refractivity contribution is -0.140. The molecule has 0 unspecified atom stereocenters. The van der Waals surface area contributed by atoms with Gasteiger partial charge >= 0.3 is 5.97 Å². The first-order chi connectivity index (χ1) is 8.90. The summed E-state index contributed by atoms with van der Waals surface area (Å²) in [6, 6.07) is -1.11. The van der Waals surface area contributed by atoms with Crippen LogP contribution in [0.1, 0.15) is 38.5 Å². The summed E-state index contributed by atoms with van der Waals surface area (Å²) in [5, 5.41) is 18.6. The molecule has 0 radical (unpaired) electrons. The highest BCUT2D eigenvalue weighted by molar-refractivity contribution is 7.89. The third-order valence-electron chi connectivity index (χ3n) is 4.05. The Morgan fingerprint density at radius 2 is 1.84 bits per heavy atom. The molecule has 110 valence electrons. The molecule has 1 heterocycles. The highest BCUT2D eigenvalue weighted by Gasteiger charge is 2.43. The number of aliphatic hydroxyl groups excluding tert-OH is 1. The Hall–Kier alpha value is -0.660. The van der Waals surface area contributed by atoms with Crippen molar-refractivity contribution < 1.29 is 23.4 Å². The molecule has 2 aliphatic rings. The lowest BCUT2D eigenvalue weighted by Gasteiger charge is -2.26. The summed E-state index contributed by atoms with van der Waals surface area (Å²) in [6.07, 6.45) is 4.15. The van der Waals surface area contributed by atoms with Crippen LogP contribution in [0.15, 0.2) is 0 Å². The van der Waals surface area contributed by atoms with Gasteiger partial charge in [0.05, 0.1) is 11.9 Å². The van der Waals surface area contributed by atoms with Gasteiger partial charge in [-0.05, 0) is 18.8 Å². The van der Waals surface area contributed by atoms with E-state index in [9.17, 15) is 18.3 Å². The summed E-state index contributed by atoms with van der Waals surface area (Å²) in [5.41, 5.74) is 0. The number of carboxylic acids is 1. The standard InChI is InChI=1S/C12H21NO5S/c14-10-6-11(12(15)16)13(7-10)19(17,18)8-9-4-2-1-3-5-9/h9-11,14H,1-8H2,(H,15,16)/t10-,11-/m0/s1. The molecule has 0 aromatic rings. The molecule has 0 amide bonds. The van der Waals surface area contributed by atoms with Gasteiger partial charge in [-0.3, -0.25) is 4.79 Å². The zero-order valence-electron chi connectivity index (χ0n) is 10.9. The van der Waals surface area contributed by atoms with Crippen LogP contribution >= 0.6 is 0 Å². The fourth-order valence-electron chi connectivity index (χ4n) is 3.06. The predicted molar refractivity (Wildman–Crippen MR) is 69.1 cm³/mol. The molecule has 1 saturated heterocycles. The maximum absolute atomic E-state index is 12.3. The van der Waals surface area contributed by atoms with E-state index in [0.717, 1.165) is 36.4 Å². The first kappa shape index (κ1) is 14.7. The zero-order chi connectivity index (χ0) is 14.0.